The molecule has 0 aromatic heterocycles. The van der Waals surface area contributed by atoms with Gasteiger partial charge in [-0.1, -0.05) is 42.0 Å². The van der Waals surface area contributed by atoms with Crippen molar-refractivity contribution in [3.05, 3.63) is 64.7 Å². The van der Waals surface area contributed by atoms with Gasteiger partial charge in [-0.3, -0.25) is 4.79 Å². The minimum Gasteiger partial charge on any atom is -0.381 e. The van der Waals surface area contributed by atoms with Crippen LogP contribution in [0.3, 0.4) is 0 Å². The fourth-order valence-electron chi connectivity index (χ4n) is 3.83. The van der Waals surface area contributed by atoms with Crippen molar-refractivity contribution in [1.29, 1.82) is 0 Å². The fraction of sp³-hybridized carbons (Fsp3) is 0.278. The van der Waals surface area contributed by atoms with Gasteiger partial charge in [0.25, 0.3) is 0 Å². The van der Waals surface area contributed by atoms with Crippen LogP contribution in [0.2, 0.25) is 0 Å². The van der Waals surface area contributed by atoms with Crippen LogP contribution >= 0.6 is 0 Å². The zero-order chi connectivity index (χ0) is 13.9. The van der Waals surface area contributed by atoms with Gasteiger partial charge in [0.2, 0.25) is 0 Å². The van der Waals surface area contributed by atoms with E-state index in [2.05, 4.69) is 43.4 Å². The number of hydrogen-bond acceptors (Lipinski definition) is 2. The SMILES string of the molecule is Cc1ccc2c(c1)[C@@]1(Cc3ccccc3C1=O)[C@H](C)N2. The standard InChI is InChI=1S/C18H17NO/c1-11-7-8-16-15(9-11)18(12(2)19-16)10-13-5-3-4-6-14(13)17(18)20/h3-9,12,19H,10H2,1-2H3/t12-,18+/m0/s1. The van der Waals surface area contributed by atoms with Crippen LogP contribution in [0.15, 0.2) is 42.5 Å². The fourth-order valence-corrected chi connectivity index (χ4v) is 3.83. The Hall–Kier alpha value is -2.09. The number of benzene rings is 2. The lowest BCUT2D eigenvalue weighted by molar-refractivity contribution is 0.0896. The maximum absolute atomic E-state index is 13.1. The molecule has 100 valence electrons. The molecule has 0 saturated heterocycles. The molecule has 1 spiro atoms. The van der Waals surface area contributed by atoms with Gasteiger partial charge in [-0.2, -0.15) is 0 Å². The Morgan fingerprint density at radius 1 is 1.20 bits per heavy atom. The third-order valence-electron chi connectivity index (χ3n) is 4.90. The van der Waals surface area contributed by atoms with Crippen molar-refractivity contribution in [1.82, 2.24) is 0 Å². The Kier molecular flexibility index (Phi) is 2.18. The van der Waals surface area contributed by atoms with Crippen molar-refractivity contribution in [3.63, 3.8) is 0 Å². The molecule has 1 aliphatic carbocycles. The third kappa shape index (κ3) is 1.26. The molecule has 2 aromatic carbocycles. The second-order valence-electron chi connectivity index (χ2n) is 6.05. The maximum atomic E-state index is 13.1. The summed E-state index contributed by atoms with van der Waals surface area (Å²) in [4.78, 5) is 13.1. The monoisotopic (exact) mass is 263 g/mol. The average molecular weight is 263 g/mol. The van der Waals surface area contributed by atoms with Gasteiger partial charge in [0, 0.05) is 17.3 Å². The van der Waals surface area contributed by atoms with E-state index in [0.717, 1.165) is 17.7 Å². The number of fused-ring (bicyclic) bond motifs is 3. The molecule has 0 fully saturated rings. The van der Waals surface area contributed by atoms with Crippen LogP contribution in [-0.2, 0) is 11.8 Å². The van der Waals surface area contributed by atoms with E-state index in [4.69, 9.17) is 0 Å². The van der Waals surface area contributed by atoms with Crippen LogP contribution in [0, 0.1) is 6.92 Å². The van der Waals surface area contributed by atoms with Crippen molar-refractivity contribution in [2.45, 2.75) is 31.7 Å². The molecule has 1 aliphatic heterocycles. The van der Waals surface area contributed by atoms with Crippen LogP contribution < -0.4 is 5.32 Å². The molecule has 0 bridgehead atoms. The number of rotatable bonds is 0. The number of aryl methyl sites for hydroxylation is 1. The molecular formula is C18H17NO. The first-order chi connectivity index (χ1) is 9.63. The lowest BCUT2D eigenvalue weighted by Crippen LogP contribution is -2.42. The second kappa shape index (κ2) is 3.72. The van der Waals surface area contributed by atoms with Crippen LogP contribution in [-0.4, -0.2) is 11.8 Å². The molecule has 2 aromatic rings. The van der Waals surface area contributed by atoms with Crippen LogP contribution in [0.25, 0.3) is 0 Å². The highest BCUT2D eigenvalue weighted by atomic mass is 16.1. The maximum Gasteiger partial charge on any atom is 0.176 e. The van der Waals surface area contributed by atoms with Gasteiger partial charge in [-0.15, -0.1) is 0 Å². The Labute approximate surface area is 118 Å². The minimum atomic E-state index is -0.412. The number of ketones is 1. The van der Waals surface area contributed by atoms with E-state index in [1.807, 2.05) is 18.2 Å². The summed E-state index contributed by atoms with van der Waals surface area (Å²) in [5, 5.41) is 3.50. The summed E-state index contributed by atoms with van der Waals surface area (Å²) in [6.45, 7) is 4.21. The highest BCUT2D eigenvalue weighted by molar-refractivity contribution is 6.11. The minimum absolute atomic E-state index is 0.138. The highest BCUT2D eigenvalue weighted by Crippen LogP contribution is 2.49. The molecule has 2 heteroatoms. The summed E-state index contributed by atoms with van der Waals surface area (Å²) >= 11 is 0. The van der Waals surface area contributed by atoms with Crippen molar-refractivity contribution in [2.24, 2.45) is 0 Å². The molecule has 0 amide bonds. The lowest BCUT2D eigenvalue weighted by atomic mass is 9.73. The summed E-state index contributed by atoms with van der Waals surface area (Å²) in [7, 11) is 0. The number of nitrogens with one attached hydrogen (secondary N) is 1. The molecule has 0 saturated carbocycles. The predicted molar refractivity (Wildman–Crippen MR) is 80.4 cm³/mol. The number of anilines is 1. The van der Waals surface area contributed by atoms with Crippen LogP contribution in [0.5, 0.6) is 0 Å². The van der Waals surface area contributed by atoms with E-state index < -0.39 is 5.41 Å². The first-order valence-corrected chi connectivity index (χ1v) is 7.13. The van der Waals surface area contributed by atoms with Crippen molar-refractivity contribution >= 4 is 11.5 Å². The van der Waals surface area contributed by atoms with E-state index >= 15 is 0 Å². The van der Waals surface area contributed by atoms with Crippen molar-refractivity contribution in [2.75, 3.05) is 5.32 Å². The highest BCUT2D eigenvalue weighted by Gasteiger charge is 2.54. The number of carbonyl (C=O) groups excluding carboxylic acids is 1. The van der Waals surface area contributed by atoms with Crippen LogP contribution in [0.4, 0.5) is 5.69 Å². The smallest absolute Gasteiger partial charge is 0.176 e. The summed E-state index contributed by atoms with van der Waals surface area (Å²) in [6.07, 6.45) is 0.812. The van der Waals surface area contributed by atoms with E-state index in [0.29, 0.717) is 0 Å². The first-order valence-electron chi connectivity index (χ1n) is 7.13. The zero-order valence-electron chi connectivity index (χ0n) is 11.7. The summed E-state index contributed by atoms with van der Waals surface area (Å²) in [5.41, 5.74) is 5.17. The quantitative estimate of drug-likeness (QED) is 0.788. The molecule has 20 heavy (non-hydrogen) atoms. The predicted octanol–water partition coefficient (Wildman–Crippen LogP) is 3.49. The molecule has 1 heterocycles. The first kappa shape index (κ1) is 11.7. The molecule has 0 radical (unpaired) electrons. The molecular weight excluding hydrogens is 246 g/mol. The van der Waals surface area contributed by atoms with Gasteiger partial charge in [0.1, 0.15) is 0 Å². The molecule has 1 N–H and O–H groups in total. The zero-order valence-corrected chi connectivity index (χ0v) is 11.7. The molecule has 0 unspecified atom stereocenters. The van der Waals surface area contributed by atoms with Gasteiger partial charge < -0.3 is 5.32 Å². The average Bonchev–Trinajstić information content (AvgIpc) is 2.89. The largest absolute Gasteiger partial charge is 0.381 e. The van der Waals surface area contributed by atoms with Gasteiger partial charge in [-0.25, -0.2) is 0 Å². The Bertz CT molecular complexity index is 734. The second-order valence-corrected chi connectivity index (χ2v) is 6.05. The number of hydrogen-bond donors (Lipinski definition) is 1. The Morgan fingerprint density at radius 2 is 2.00 bits per heavy atom. The Morgan fingerprint density at radius 3 is 2.80 bits per heavy atom. The Balaban J connectivity index is 1.96. The molecule has 2 atom stereocenters. The molecule has 4 rings (SSSR count). The van der Waals surface area contributed by atoms with E-state index in [1.165, 1.54) is 16.7 Å². The number of Topliss-reactive ketones (excluding diaryl/α,β-unsaturated/α-hetero) is 1. The van der Waals surface area contributed by atoms with Gasteiger partial charge >= 0.3 is 0 Å². The number of carbonyl (C=O) groups is 1. The van der Waals surface area contributed by atoms with Gasteiger partial charge in [0.05, 0.1) is 5.41 Å². The summed E-state index contributed by atoms with van der Waals surface area (Å²) in [6, 6.07) is 14.6. The van der Waals surface area contributed by atoms with Crippen molar-refractivity contribution in [3.8, 4) is 0 Å². The third-order valence-corrected chi connectivity index (χ3v) is 4.90. The summed E-state index contributed by atoms with van der Waals surface area (Å²) < 4.78 is 0. The lowest BCUT2D eigenvalue weighted by Gasteiger charge is -2.27. The summed E-state index contributed by atoms with van der Waals surface area (Å²) in [5.74, 6) is 0.275. The van der Waals surface area contributed by atoms with Gasteiger partial charge in [-0.05, 0) is 37.5 Å². The normalized spacial score (nSPS) is 26.5. The topological polar surface area (TPSA) is 29.1 Å². The molecule has 2 aliphatic rings. The van der Waals surface area contributed by atoms with E-state index in [1.54, 1.807) is 0 Å². The molecule has 2 nitrogen and oxygen atoms in total. The van der Waals surface area contributed by atoms with E-state index in [9.17, 15) is 4.79 Å². The van der Waals surface area contributed by atoms with Gasteiger partial charge in [0.15, 0.2) is 5.78 Å². The van der Waals surface area contributed by atoms with Crippen molar-refractivity contribution < 1.29 is 4.79 Å². The van der Waals surface area contributed by atoms with Crippen LogP contribution in [0.1, 0.15) is 34.0 Å². The van der Waals surface area contributed by atoms with E-state index in [-0.39, 0.29) is 11.8 Å².